The van der Waals surface area contributed by atoms with Crippen molar-refractivity contribution in [1.29, 1.82) is 5.26 Å². The average Bonchev–Trinajstić information content (AvgIpc) is 2.34. The van der Waals surface area contributed by atoms with Gasteiger partial charge in [-0.15, -0.1) is 0 Å². The third-order valence-electron chi connectivity index (χ3n) is 3.04. The van der Waals surface area contributed by atoms with E-state index < -0.39 is 19.5 Å². The second-order valence-electron chi connectivity index (χ2n) is 4.99. The summed E-state index contributed by atoms with van der Waals surface area (Å²) in [6.07, 6.45) is 1.14. The van der Waals surface area contributed by atoms with E-state index in [1.54, 1.807) is 19.9 Å². The number of hydrogen-bond acceptors (Lipinski definition) is 6. The standard InChI is InChI=1S/C12H15N3O4S/c1-12(2,20(3,18)19)8-14-10-4-5-11(15(16)17)9(6-10)7-13/h4-6,14H,8H2,1-3H3. The first-order chi connectivity index (χ1) is 9.08. The summed E-state index contributed by atoms with van der Waals surface area (Å²) in [5.74, 6) is 0. The second-order valence-corrected chi connectivity index (χ2v) is 7.64. The van der Waals surface area contributed by atoms with Gasteiger partial charge in [-0.1, -0.05) is 0 Å². The molecule has 0 saturated carbocycles. The van der Waals surface area contributed by atoms with E-state index in [4.69, 9.17) is 5.26 Å². The Labute approximate surface area is 117 Å². The number of sulfone groups is 1. The van der Waals surface area contributed by atoms with Crippen LogP contribution in [0, 0.1) is 21.4 Å². The van der Waals surface area contributed by atoms with Crippen LogP contribution in [-0.4, -0.2) is 30.9 Å². The fourth-order valence-electron chi connectivity index (χ4n) is 1.34. The molecule has 0 aromatic heterocycles. The van der Waals surface area contributed by atoms with Crippen LogP contribution >= 0.6 is 0 Å². The van der Waals surface area contributed by atoms with Crippen molar-refractivity contribution >= 4 is 21.2 Å². The van der Waals surface area contributed by atoms with Crippen LogP contribution in [0.4, 0.5) is 11.4 Å². The first-order valence-electron chi connectivity index (χ1n) is 5.70. The van der Waals surface area contributed by atoms with Gasteiger partial charge in [0.2, 0.25) is 0 Å². The van der Waals surface area contributed by atoms with Crippen LogP contribution in [0.15, 0.2) is 18.2 Å². The van der Waals surface area contributed by atoms with Crippen LogP contribution in [0.5, 0.6) is 0 Å². The molecule has 0 unspecified atom stereocenters. The molecule has 8 heteroatoms. The van der Waals surface area contributed by atoms with Gasteiger partial charge in [-0.2, -0.15) is 5.26 Å². The van der Waals surface area contributed by atoms with Crippen LogP contribution in [0.3, 0.4) is 0 Å². The van der Waals surface area contributed by atoms with Crippen LogP contribution in [0.1, 0.15) is 19.4 Å². The van der Waals surface area contributed by atoms with Gasteiger partial charge in [0.25, 0.3) is 5.69 Å². The molecule has 1 aromatic carbocycles. The summed E-state index contributed by atoms with van der Waals surface area (Å²) in [5.41, 5.74) is 0.112. The first-order valence-corrected chi connectivity index (χ1v) is 7.59. The zero-order chi connectivity index (χ0) is 15.6. The van der Waals surface area contributed by atoms with Gasteiger partial charge in [-0.25, -0.2) is 8.42 Å². The van der Waals surface area contributed by atoms with Gasteiger partial charge in [0, 0.05) is 24.6 Å². The van der Waals surface area contributed by atoms with E-state index in [-0.39, 0.29) is 17.8 Å². The number of nitrogens with one attached hydrogen (secondary N) is 1. The van der Waals surface area contributed by atoms with E-state index in [1.807, 2.05) is 0 Å². The maximum absolute atomic E-state index is 11.6. The van der Waals surface area contributed by atoms with E-state index in [0.717, 1.165) is 6.26 Å². The number of anilines is 1. The molecule has 0 aliphatic carbocycles. The lowest BCUT2D eigenvalue weighted by Crippen LogP contribution is -2.38. The number of benzene rings is 1. The van der Waals surface area contributed by atoms with E-state index in [2.05, 4.69) is 5.32 Å². The number of nitriles is 1. The Kier molecular flexibility index (Phi) is 4.35. The summed E-state index contributed by atoms with van der Waals surface area (Å²) in [5, 5.41) is 22.4. The van der Waals surface area contributed by atoms with Gasteiger partial charge in [0.1, 0.15) is 11.6 Å². The molecule has 0 heterocycles. The van der Waals surface area contributed by atoms with Gasteiger partial charge >= 0.3 is 0 Å². The number of hydrogen-bond donors (Lipinski definition) is 1. The molecule has 0 bridgehead atoms. The zero-order valence-corrected chi connectivity index (χ0v) is 12.2. The highest BCUT2D eigenvalue weighted by Crippen LogP contribution is 2.23. The van der Waals surface area contributed by atoms with Crippen LogP contribution in [-0.2, 0) is 9.84 Å². The topological polar surface area (TPSA) is 113 Å². The molecular weight excluding hydrogens is 282 g/mol. The highest BCUT2D eigenvalue weighted by atomic mass is 32.2. The van der Waals surface area contributed by atoms with Crippen molar-refractivity contribution in [3.63, 3.8) is 0 Å². The fourth-order valence-corrected chi connectivity index (χ4v) is 1.68. The molecule has 7 nitrogen and oxygen atoms in total. The van der Waals surface area contributed by atoms with Crippen LogP contribution in [0.2, 0.25) is 0 Å². The normalized spacial score (nSPS) is 11.7. The zero-order valence-electron chi connectivity index (χ0n) is 11.4. The Morgan fingerprint density at radius 3 is 2.50 bits per heavy atom. The van der Waals surface area contributed by atoms with E-state index in [9.17, 15) is 18.5 Å². The number of nitrogens with zero attached hydrogens (tertiary/aromatic N) is 2. The van der Waals surface area contributed by atoms with Crippen molar-refractivity contribution in [3.05, 3.63) is 33.9 Å². The van der Waals surface area contributed by atoms with Crippen molar-refractivity contribution in [2.24, 2.45) is 0 Å². The Morgan fingerprint density at radius 2 is 2.05 bits per heavy atom. The average molecular weight is 297 g/mol. The van der Waals surface area contributed by atoms with Gasteiger partial charge in [0.05, 0.1) is 9.67 Å². The third-order valence-corrected chi connectivity index (χ3v) is 5.19. The molecular formula is C12H15N3O4S. The molecule has 0 amide bonds. The van der Waals surface area contributed by atoms with Crippen LogP contribution in [0.25, 0.3) is 0 Å². The Hall–Kier alpha value is -2.14. The molecule has 0 saturated heterocycles. The van der Waals surface area contributed by atoms with Crippen molar-refractivity contribution in [2.75, 3.05) is 18.1 Å². The van der Waals surface area contributed by atoms with E-state index >= 15 is 0 Å². The summed E-state index contributed by atoms with van der Waals surface area (Å²) in [7, 11) is -3.25. The van der Waals surface area contributed by atoms with Gasteiger partial charge in [-0.05, 0) is 26.0 Å². The quantitative estimate of drug-likeness (QED) is 0.653. The molecule has 0 atom stereocenters. The number of rotatable bonds is 5. The predicted octanol–water partition coefficient (Wildman–Crippen LogP) is 1.70. The second kappa shape index (κ2) is 5.46. The molecule has 1 rings (SSSR count). The monoisotopic (exact) mass is 297 g/mol. The third kappa shape index (κ3) is 3.45. The summed E-state index contributed by atoms with van der Waals surface area (Å²) in [6, 6.07) is 5.73. The minimum atomic E-state index is -3.25. The van der Waals surface area contributed by atoms with Gasteiger partial charge in [0.15, 0.2) is 9.84 Å². The van der Waals surface area contributed by atoms with E-state index in [0.29, 0.717) is 5.69 Å². The van der Waals surface area contributed by atoms with Crippen molar-refractivity contribution in [2.45, 2.75) is 18.6 Å². The molecule has 1 N–H and O–H groups in total. The molecule has 20 heavy (non-hydrogen) atoms. The minimum absolute atomic E-state index is 0.0721. The van der Waals surface area contributed by atoms with Crippen molar-refractivity contribution in [1.82, 2.24) is 0 Å². The largest absolute Gasteiger partial charge is 0.383 e. The Balaban J connectivity index is 2.97. The van der Waals surface area contributed by atoms with Crippen molar-refractivity contribution in [3.8, 4) is 6.07 Å². The van der Waals surface area contributed by atoms with Crippen LogP contribution < -0.4 is 5.32 Å². The highest BCUT2D eigenvalue weighted by Gasteiger charge is 2.29. The summed E-state index contributed by atoms with van der Waals surface area (Å²) < 4.78 is 22.1. The summed E-state index contributed by atoms with van der Waals surface area (Å²) in [4.78, 5) is 10.1. The lowest BCUT2D eigenvalue weighted by atomic mass is 10.1. The lowest BCUT2D eigenvalue weighted by molar-refractivity contribution is -0.385. The summed E-state index contributed by atoms with van der Waals surface area (Å²) in [6.45, 7) is 3.28. The lowest BCUT2D eigenvalue weighted by Gasteiger charge is -2.23. The molecule has 0 radical (unpaired) electrons. The maximum atomic E-state index is 11.6. The first kappa shape index (κ1) is 15.9. The molecule has 0 aliphatic heterocycles. The highest BCUT2D eigenvalue weighted by molar-refractivity contribution is 7.92. The molecule has 1 aromatic rings. The fraction of sp³-hybridized carbons (Fsp3) is 0.417. The smallest absolute Gasteiger partial charge is 0.287 e. The maximum Gasteiger partial charge on any atom is 0.287 e. The minimum Gasteiger partial charge on any atom is -0.383 e. The van der Waals surface area contributed by atoms with Crippen molar-refractivity contribution < 1.29 is 13.3 Å². The summed E-state index contributed by atoms with van der Waals surface area (Å²) >= 11 is 0. The Morgan fingerprint density at radius 1 is 1.45 bits per heavy atom. The van der Waals surface area contributed by atoms with Gasteiger partial charge < -0.3 is 5.32 Å². The van der Waals surface area contributed by atoms with E-state index in [1.165, 1.54) is 18.2 Å². The Bertz CT molecular complexity index is 674. The molecule has 108 valence electrons. The molecule has 0 aliphatic rings. The predicted molar refractivity (Wildman–Crippen MR) is 75.2 cm³/mol. The molecule has 0 fully saturated rings. The number of nitro benzene ring substituents is 1. The number of nitro groups is 1. The molecule has 0 spiro atoms. The van der Waals surface area contributed by atoms with Gasteiger partial charge in [-0.3, -0.25) is 10.1 Å². The SMILES string of the molecule is CC(C)(CNc1ccc([N+](=O)[O-])c(C#N)c1)S(C)(=O)=O.